The maximum absolute atomic E-state index is 13.3. The number of aromatic nitrogens is 4. The van der Waals surface area contributed by atoms with Crippen molar-refractivity contribution in [3.8, 4) is 17.0 Å². The number of carbonyl (C=O) groups is 1. The molecule has 1 saturated carbocycles. The largest absolute Gasteiger partial charge is 0.414 e. The van der Waals surface area contributed by atoms with Gasteiger partial charge in [-0.25, -0.2) is 4.52 Å². The molecule has 5 rings (SSSR count). The van der Waals surface area contributed by atoms with Crippen LogP contribution >= 0.6 is 0 Å². The Morgan fingerprint density at radius 1 is 1.15 bits per heavy atom. The lowest BCUT2D eigenvalue weighted by atomic mass is 9.91. The third-order valence-electron chi connectivity index (χ3n) is 6.06. The summed E-state index contributed by atoms with van der Waals surface area (Å²) in [6, 6.07) is 11.5. The zero-order chi connectivity index (χ0) is 23.7. The summed E-state index contributed by atoms with van der Waals surface area (Å²) in [5.74, 6) is -0.00761. The van der Waals surface area contributed by atoms with Crippen LogP contribution < -0.4 is 15.4 Å². The van der Waals surface area contributed by atoms with Crippen LogP contribution in [0.1, 0.15) is 32.6 Å². The molecule has 1 aliphatic carbocycles. The second-order valence-electron chi connectivity index (χ2n) is 8.45. The lowest BCUT2D eigenvalue weighted by molar-refractivity contribution is -0.119. The summed E-state index contributed by atoms with van der Waals surface area (Å²) in [5.41, 5.74) is 2.71. The molecule has 8 nitrogen and oxygen atoms in total. The molecule has 4 aromatic rings. The summed E-state index contributed by atoms with van der Waals surface area (Å²) in [7, 11) is 0. The van der Waals surface area contributed by atoms with Crippen LogP contribution in [0, 0.1) is 0 Å². The van der Waals surface area contributed by atoms with Crippen molar-refractivity contribution < 1.29 is 18.3 Å². The highest BCUT2D eigenvalue weighted by atomic mass is 19.3. The molecule has 1 aliphatic rings. The van der Waals surface area contributed by atoms with E-state index in [4.69, 9.17) is 4.74 Å². The van der Waals surface area contributed by atoms with Crippen molar-refractivity contribution in [2.24, 2.45) is 0 Å². The zero-order valence-corrected chi connectivity index (χ0v) is 18.5. The number of amides is 1. The summed E-state index contributed by atoms with van der Waals surface area (Å²) in [6.45, 7) is -1.51. The lowest BCUT2D eigenvalue weighted by Gasteiger charge is -2.29. The first-order chi connectivity index (χ1) is 16.5. The van der Waals surface area contributed by atoms with Crippen LogP contribution in [0.4, 0.5) is 14.7 Å². The van der Waals surface area contributed by atoms with Crippen molar-refractivity contribution in [1.29, 1.82) is 0 Å². The average Bonchev–Trinajstić information content (AvgIpc) is 3.24. The first-order valence-corrected chi connectivity index (χ1v) is 11.2. The number of pyridine rings is 1. The van der Waals surface area contributed by atoms with Crippen LogP contribution in [0.2, 0.25) is 0 Å². The second kappa shape index (κ2) is 9.20. The van der Waals surface area contributed by atoms with E-state index in [-0.39, 0.29) is 29.8 Å². The highest BCUT2D eigenvalue weighted by Gasteiger charge is 2.24. The Morgan fingerprint density at radius 3 is 2.71 bits per heavy atom. The van der Waals surface area contributed by atoms with E-state index in [0.717, 1.165) is 42.1 Å². The minimum atomic E-state index is -3.02. The second-order valence-corrected chi connectivity index (χ2v) is 8.45. The molecular formula is C24H24F2N6O2. The summed E-state index contributed by atoms with van der Waals surface area (Å²) in [6.07, 6.45) is 6.68. The predicted molar refractivity (Wildman–Crippen MR) is 124 cm³/mol. The Kier molecular flexibility index (Phi) is 5.95. The Bertz CT molecular complexity index is 1330. The molecular weight excluding hydrogens is 442 g/mol. The quantitative estimate of drug-likeness (QED) is 0.437. The third kappa shape index (κ3) is 4.61. The van der Waals surface area contributed by atoms with E-state index in [2.05, 4.69) is 25.7 Å². The number of alkyl halides is 2. The minimum Gasteiger partial charge on any atom is -0.414 e. The number of nitrogens with one attached hydrogen (secondary N) is 2. The van der Waals surface area contributed by atoms with Gasteiger partial charge in [0.05, 0.1) is 5.52 Å². The van der Waals surface area contributed by atoms with Crippen LogP contribution in [-0.4, -0.2) is 44.2 Å². The number of rotatable bonds is 6. The molecule has 0 spiro atoms. The number of nitrogens with zero attached hydrogens (tertiary/aromatic N) is 4. The van der Waals surface area contributed by atoms with Gasteiger partial charge in [0.25, 0.3) is 0 Å². The van der Waals surface area contributed by atoms with Crippen LogP contribution in [0.25, 0.3) is 27.5 Å². The van der Waals surface area contributed by atoms with Gasteiger partial charge in [0.2, 0.25) is 17.7 Å². The number of halogens is 2. The summed E-state index contributed by atoms with van der Waals surface area (Å²) in [4.78, 5) is 19.9. The first-order valence-electron chi connectivity index (χ1n) is 11.2. The van der Waals surface area contributed by atoms with Gasteiger partial charge in [-0.05, 0) is 55.5 Å². The molecule has 0 aliphatic heterocycles. The number of anilines is 1. The maximum Gasteiger partial charge on any atom is 0.388 e. The molecule has 2 N–H and O–H groups in total. The molecule has 34 heavy (non-hydrogen) atoms. The van der Waals surface area contributed by atoms with Gasteiger partial charge in [-0.2, -0.15) is 13.8 Å². The van der Waals surface area contributed by atoms with E-state index in [0.29, 0.717) is 11.1 Å². The van der Waals surface area contributed by atoms with E-state index in [1.54, 1.807) is 12.4 Å². The minimum absolute atomic E-state index is 0.0370. The third-order valence-corrected chi connectivity index (χ3v) is 6.06. The smallest absolute Gasteiger partial charge is 0.388 e. The molecule has 1 fully saturated rings. The van der Waals surface area contributed by atoms with Crippen molar-refractivity contribution in [3.63, 3.8) is 0 Å². The fourth-order valence-corrected chi connectivity index (χ4v) is 4.55. The molecule has 10 heteroatoms. The maximum atomic E-state index is 13.3. The van der Waals surface area contributed by atoms with Crippen LogP contribution in [0.15, 0.2) is 48.8 Å². The van der Waals surface area contributed by atoms with Gasteiger partial charge in [0, 0.05) is 42.4 Å². The van der Waals surface area contributed by atoms with Crippen molar-refractivity contribution in [2.45, 2.75) is 51.3 Å². The first kappa shape index (κ1) is 22.0. The molecule has 0 unspecified atom stereocenters. The number of carbonyl (C=O) groups excluding carboxylic acids is 1. The van der Waals surface area contributed by atoms with Gasteiger partial charge < -0.3 is 15.4 Å². The summed E-state index contributed by atoms with van der Waals surface area (Å²) < 4.78 is 32.9. The van der Waals surface area contributed by atoms with Crippen LogP contribution in [0.3, 0.4) is 0 Å². The van der Waals surface area contributed by atoms with Gasteiger partial charge in [-0.3, -0.25) is 9.78 Å². The van der Waals surface area contributed by atoms with Gasteiger partial charge in [-0.1, -0.05) is 12.1 Å². The number of ether oxygens (including phenoxy) is 1. The Balaban J connectivity index is 1.45. The number of hydrogen-bond acceptors (Lipinski definition) is 6. The molecule has 3 heterocycles. The molecule has 1 aromatic carbocycles. The SMILES string of the molecule is CC(=O)N[C@H]1CC[C@@H](Nc2nc(OC(F)F)c3c(-c4ccc5ncccc5c4)ccn3n2)CC1. The van der Waals surface area contributed by atoms with E-state index < -0.39 is 6.61 Å². The van der Waals surface area contributed by atoms with Crippen LogP contribution in [-0.2, 0) is 4.79 Å². The predicted octanol–water partition coefficient (Wildman–Crippen LogP) is 4.41. The van der Waals surface area contributed by atoms with Crippen molar-refractivity contribution in [2.75, 3.05) is 5.32 Å². The van der Waals surface area contributed by atoms with Crippen molar-refractivity contribution >= 4 is 28.3 Å². The number of fused-ring (bicyclic) bond motifs is 2. The molecule has 1 amide bonds. The number of benzene rings is 1. The van der Waals surface area contributed by atoms with E-state index in [1.165, 1.54) is 11.4 Å². The number of hydrogen-bond donors (Lipinski definition) is 2. The fraction of sp³-hybridized carbons (Fsp3) is 0.333. The summed E-state index contributed by atoms with van der Waals surface area (Å²) in [5, 5.41) is 11.6. The topological polar surface area (TPSA) is 93.4 Å². The lowest BCUT2D eigenvalue weighted by Crippen LogP contribution is -2.39. The molecule has 0 saturated heterocycles. The van der Waals surface area contributed by atoms with Crippen molar-refractivity contribution in [3.05, 3.63) is 48.8 Å². The zero-order valence-electron chi connectivity index (χ0n) is 18.5. The van der Waals surface area contributed by atoms with Gasteiger partial charge in [-0.15, -0.1) is 5.10 Å². The highest BCUT2D eigenvalue weighted by molar-refractivity contribution is 5.90. The van der Waals surface area contributed by atoms with E-state index in [9.17, 15) is 13.6 Å². The fourth-order valence-electron chi connectivity index (χ4n) is 4.55. The van der Waals surface area contributed by atoms with Gasteiger partial charge in [0.15, 0.2) is 0 Å². The Labute approximate surface area is 194 Å². The van der Waals surface area contributed by atoms with Crippen LogP contribution in [0.5, 0.6) is 5.88 Å². The summed E-state index contributed by atoms with van der Waals surface area (Å²) >= 11 is 0. The normalized spacial score (nSPS) is 18.4. The molecule has 3 aromatic heterocycles. The van der Waals surface area contributed by atoms with E-state index >= 15 is 0 Å². The molecule has 0 bridgehead atoms. The van der Waals surface area contributed by atoms with Crippen molar-refractivity contribution in [1.82, 2.24) is 24.9 Å². The van der Waals surface area contributed by atoms with Gasteiger partial charge in [0.1, 0.15) is 5.52 Å². The monoisotopic (exact) mass is 466 g/mol. The molecule has 0 radical (unpaired) electrons. The average molecular weight is 466 g/mol. The Morgan fingerprint density at radius 2 is 1.94 bits per heavy atom. The molecule has 176 valence electrons. The van der Waals surface area contributed by atoms with Gasteiger partial charge >= 0.3 is 6.61 Å². The van der Waals surface area contributed by atoms with E-state index in [1.807, 2.05) is 36.4 Å². The highest BCUT2D eigenvalue weighted by Crippen LogP contribution is 2.34. The Hall–Kier alpha value is -3.82. The standard InChI is InChI=1S/C24H24F2N6O2/c1-14(33)28-17-5-7-18(8-6-17)29-24-30-22(34-23(25)26)21-19(10-12-32(21)31-24)15-4-9-20-16(13-15)3-2-11-27-20/h2-4,9-13,17-18,23H,5-8H2,1H3,(H,28,33)(H,29,31)/t17-,18+. The molecule has 0 atom stereocenters.